The third-order valence-electron chi connectivity index (χ3n) is 5.54. The van der Waals surface area contributed by atoms with E-state index in [4.69, 9.17) is 16.3 Å². The van der Waals surface area contributed by atoms with Gasteiger partial charge in [-0.15, -0.1) is 0 Å². The van der Waals surface area contributed by atoms with Gasteiger partial charge in [0.2, 0.25) is 0 Å². The molecule has 3 heterocycles. The molecule has 2 amide bonds. The maximum Gasteiger partial charge on any atom is 0.416 e. The number of rotatable bonds is 5. The quantitative estimate of drug-likeness (QED) is 0.548. The molecule has 4 rings (SSSR count). The van der Waals surface area contributed by atoms with Gasteiger partial charge < -0.3 is 15.0 Å². The largest absolute Gasteiger partial charge is 0.416 e. The highest BCUT2D eigenvalue weighted by Gasteiger charge is 2.32. The number of hydrogen-bond acceptors (Lipinski definition) is 6. The zero-order chi connectivity index (χ0) is 26.0. The second-order valence-electron chi connectivity index (χ2n) is 8.29. The van der Waals surface area contributed by atoms with Crippen LogP contribution in [0.1, 0.15) is 52.0 Å². The molecule has 1 aromatic carbocycles. The number of aromatic nitrogens is 4. The first-order chi connectivity index (χ1) is 17.0. The predicted molar refractivity (Wildman–Crippen MR) is 123 cm³/mol. The third kappa shape index (κ3) is 5.65. The maximum atomic E-state index is 13.1. The van der Waals surface area contributed by atoms with Gasteiger partial charge in [0.15, 0.2) is 11.6 Å². The van der Waals surface area contributed by atoms with Gasteiger partial charge in [-0.05, 0) is 44.2 Å². The topological polar surface area (TPSA) is 102 Å². The van der Waals surface area contributed by atoms with Crippen molar-refractivity contribution in [2.45, 2.75) is 32.2 Å². The van der Waals surface area contributed by atoms with Crippen molar-refractivity contribution < 1.29 is 27.5 Å². The van der Waals surface area contributed by atoms with Crippen LogP contribution in [0.15, 0.2) is 42.9 Å². The molecule has 1 aliphatic rings. The van der Waals surface area contributed by atoms with E-state index in [-0.39, 0.29) is 28.4 Å². The first-order valence-electron chi connectivity index (χ1n) is 11.0. The van der Waals surface area contributed by atoms with Crippen LogP contribution < -0.4 is 5.32 Å². The van der Waals surface area contributed by atoms with Crippen molar-refractivity contribution in [2.75, 3.05) is 19.7 Å². The summed E-state index contributed by atoms with van der Waals surface area (Å²) in [6.45, 7) is 4.95. The molecule has 9 nitrogen and oxygen atoms in total. The number of amides is 2. The fourth-order valence-corrected chi connectivity index (χ4v) is 4.01. The predicted octanol–water partition coefficient (Wildman–Crippen LogP) is 3.69. The molecule has 190 valence electrons. The Balaban J connectivity index is 1.49. The van der Waals surface area contributed by atoms with E-state index in [0.717, 1.165) is 18.2 Å². The minimum Gasteiger partial charge on any atom is -0.375 e. The Morgan fingerprint density at radius 3 is 2.64 bits per heavy atom. The summed E-state index contributed by atoms with van der Waals surface area (Å²) < 4.78 is 46.1. The SMILES string of the molecule is C[C@@H]1CN(C(=O)c2ccc(-n3ncnc3[C@H](C)NC(=O)c3cc(Cl)cc(C(F)(F)F)c3)nc2)CCO1. The summed E-state index contributed by atoms with van der Waals surface area (Å²) in [5, 5.41) is 6.52. The van der Waals surface area contributed by atoms with Crippen LogP contribution in [-0.2, 0) is 10.9 Å². The van der Waals surface area contributed by atoms with Gasteiger partial charge in [0.25, 0.3) is 11.8 Å². The highest BCUT2D eigenvalue weighted by Crippen LogP contribution is 2.32. The van der Waals surface area contributed by atoms with Gasteiger partial charge in [0.05, 0.1) is 29.9 Å². The monoisotopic (exact) mass is 522 g/mol. The van der Waals surface area contributed by atoms with E-state index in [2.05, 4.69) is 20.4 Å². The summed E-state index contributed by atoms with van der Waals surface area (Å²) in [4.78, 5) is 35.6. The van der Waals surface area contributed by atoms with Crippen molar-refractivity contribution in [1.82, 2.24) is 30.0 Å². The van der Waals surface area contributed by atoms with Gasteiger partial charge in [-0.3, -0.25) is 9.59 Å². The first-order valence-corrected chi connectivity index (χ1v) is 11.4. The Labute approximate surface area is 209 Å². The molecule has 2 aromatic heterocycles. The van der Waals surface area contributed by atoms with Crippen molar-refractivity contribution in [3.63, 3.8) is 0 Å². The normalized spacial score (nSPS) is 17.1. The van der Waals surface area contributed by atoms with Crippen LogP contribution in [0.5, 0.6) is 0 Å². The van der Waals surface area contributed by atoms with Crippen molar-refractivity contribution in [2.24, 2.45) is 0 Å². The van der Waals surface area contributed by atoms with E-state index in [0.29, 0.717) is 31.1 Å². The molecule has 36 heavy (non-hydrogen) atoms. The number of carbonyl (C=O) groups excluding carboxylic acids is 2. The fraction of sp³-hybridized carbons (Fsp3) is 0.348. The Morgan fingerprint density at radius 1 is 1.19 bits per heavy atom. The Kier molecular flexibility index (Phi) is 7.27. The van der Waals surface area contributed by atoms with Crippen molar-refractivity contribution >= 4 is 23.4 Å². The number of alkyl halides is 3. The number of morpholine rings is 1. The minimum atomic E-state index is -4.65. The Hall–Kier alpha value is -3.51. The first kappa shape index (κ1) is 25.6. The summed E-state index contributed by atoms with van der Waals surface area (Å²) >= 11 is 5.79. The number of pyridine rings is 1. The molecule has 13 heteroatoms. The van der Waals surface area contributed by atoms with Gasteiger partial charge in [0, 0.05) is 29.9 Å². The molecule has 0 saturated carbocycles. The molecule has 1 N–H and O–H groups in total. The Morgan fingerprint density at radius 2 is 1.97 bits per heavy atom. The summed E-state index contributed by atoms with van der Waals surface area (Å²) in [7, 11) is 0. The lowest BCUT2D eigenvalue weighted by Gasteiger charge is -2.31. The molecule has 1 fully saturated rings. The van der Waals surface area contributed by atoms with E-state index in [1.54, 1.807) is 24.0 Å². The number of nitrogens with zero attached hydrogens (tertiary/aromatic N) is 5. The van der Waals surface area contributed by atoms with E-state index < -0.39 is 23.7 Å². The molecular formula is C23H22ClF3N6O3. The number of ether oxygens (including phenoxy) is 1. The molecule has 0 spiro atoms. The molecule has 3 aromatic rings. The van der Waals surface area contributed by atoms with Crippen molar-refractivity contribution in [3.8, 4) is 5.82 Å². The minimum absolute atomic E-state index is 0.0451. The Bertz CT molecular complexity index is 1260. The molecule has 1 aliphatic heterocycles. The van der Waals surface area contributed by atoms with Crippen LogP contribution in [0.3, 0.4) is 0 Å². The van der Waals surface area contributed by atoms with Crippen LogP contribution in [0, 0.1) is 0 Å². The van der Waals surface area contributed by atoms with Crippen molar-refractivity contribution in [1.29, 1.82) is 0 Å². The van der Waals surface area contributed by atoms with Gasteiger partial charge in [0.1, 0.15) is 6.33 Å². The van der Waals surface area contributed by atoms with E-state index in [1.165, 1.54) is 17.2 Å². The molecule has 2 atom stereocenters. The number of nitrogens with one attached hydrogen (secondary N) is 1. The van der Waals surface area contributed by atoms with E-state index in [9.17, 15) is 22.8 Å². The highest BCUT2D eigenvalue weighted by molar-refractivity contribution is 6.31. The zero-order valence-corrected chi connectivity index (χ0v) is 20.0. The average molecular weight is 523 g/mol. The van der Waals surface area contributed by atoms with Crippen LogP contribution in [0.25, 0.3) is 5.82 Å². The van der Waals surface area contributed by atoms with Crippen molar-refractivity contribution in [3.05, 3.63) is 70.4 Å². The molecular weight excluding hydrogens is 501 g/mol. The molecule has 0 radical (unpaired) electrons. The van der Waals surface area contributed by atoms with Crippen LogP contribution in [0.4, 0.5) is 13.2 Å². The molecule has 0 unspecified atom stereocenters. The third-order valence-corrected chi connectivity index (χ3v) is 5.75. The van der Waals surface area contributed by atoms with Gasteiger partial charge >= 0.3 is 6.18 Å². The number of halogens is 4. The van der Waals surface area contributed by atoms with Crippen LogP contribution in [0.2, 0.25) is 5.02 Å². The number of benzene rings is 1. The van der Waals surface area contributed by atoms with Crippen LogP contribution >= 0.6 is 11.6 Å². The smallest absolute Gasteiger partial charge is 0.375 e. The maximum absolute atomic E-state index is 13.1. The van der Waals surface area contributed by atoms with Crippen LogP contribution in [-0.4, -0.2) is 62.3 Å². The molecule has 0 aliphatic carbocycles. The fourth-order valence-electron chi connectivity index (χ4n) is 3.77. The van der Waals surface area contributed by atoms with Gasteiger partial charge in [-0.25, -0.2) is 9.97 Å². The second-order valence-corrected chi connectivity index (χ2v) is 8.73. The number of hydrogen-bond donors (Lipinski definition) is 1. The zero-order valence-electron chi connectivity index (χ0n) is 19.3. The summed E-state index contributed by atoms with van der Waals surface area (Å²) in [6.07, 6.45) is -2.01. The lowest BCUT2D eigenvalue weighted by Crippen LogP contribution is -2.44. The lowest BCUT2D eigenvalue weighted by molar-refractivity contribution is -0.137. The second kappa shape index (κ2) is 10.2. The summed E-state index contributed by atoms with van der Waals surface area (Å²) in [5.74, 6) is -0.297. The lowest BCUT2D eigenvalue weighted by atomic mass is 10.1. The average Bonchev–Trinajstić information content (AvgIpc) is 3.33. The van der Waals surface area contributed by atoms with E-state index in [1.807, 2.05) is 6.92 Å². The molecule has 0 bridgehead atoms. The summed E-state index contributed by atoms with van der Waals surface area (Å²) in [5.41, 5.74) is -0.871. The standard InChI is InChI=1S/C23H22ClF3N6O3/c1-13-11-32(5-6-36-13)22(35)15-3-4-19(28-10-15)33-20(29-12-30-33)14(2)31-21(34)16-7-17(23(25,26)27)9-18(24)8-16/h3-4,7-10,12-14H,5-6,11H2,1-2H3,(H,31,34)/t13-,14+/m1/s1. The molecule has 1 saturated heterocycles. The number of carbonyl (C=O) groups is 2. The van der Waals surface area contributed by atoms with E-state index >= 15 is 0 Å². The van der Waals surface area contributed by atoms with Gasteiger partial charge in [-0.1, -0.05) is 11.6 Å². The summed E-state index contributed by atoms with van der Waals surface area (Å²) in [6, 6.07) is 5.09. The van der Waals surface area contributed by atoms with Gasteiger partial charge in [-0.2, -0.15) is 23.0 Å². The highest BCUT2D eigenvalue weighted by atomic mass is 35.5.